The van der Waals surface area contributed by atoms with Gasteiger partial charge in [-0.05, 0) is 50.3 Å². The van der Waals surface area contributed by atoms with Crippen LogP contribution >= 0.6 is 11.6 Å². The maximum absolute atomic E-state index is 5.87. The first-order valence-corrected chi connectivity index (χ1v) is 6.85. The number of hydrogen-bond donors (Lipinski definition) is 1. The first-order chi connectivity index (χ1) is 7.97. The van der Waals surface area contributed by atoms with E-state index in [1.807, 2.05) is 12.1 Å². The van der Waals surface area contributed by atoms with E-state index in [1.165, 1.54) is 12.0 Å². The molecule has 0 amide bonds. The molecule has 96 valence electrons. The lowest BCUT2D eigenvalue weighted by molar-refractivity contribution is 0.400. The van der Waals surface area contributed by atoms with Crippen molar-refractivity contribution in [3.05, 3.63) is 34.9 Å². The Morgan fingerprint density at radius 3 is 2.12 bits per heavy atom. The van der Waals surface area contributed by atoms with Crippen LogP contribution in [-0.4, -0.2) is 12.1 Å². The molecule has 2 unspecified atom stereocenters. The molecule has 17 heavy (non-hydrogen) atoms. The van der Waals surface area contributed by atoms with Gasteiger partial charge in [0.15, 0.2) is 0 Å². The summed E-state index contributed by atoms with van der Waals surface area (Å²) in [5.41, 5.74) is 1.34. The molecule has 0 bridgehead atoms. The number of rotatable bonds is 6. The molecule has 0 spiro atoms. The molecule has 1 nitrogen and oxygen atoms in total. The maximum Gasteiger partial charge on any atom is 0.0406 e. The van der Waals surface area contributed by atoms with Gasteiger partial charge in [0.25, 0.3) is 0 Å². The fraction of sp³-hybridized carbons (Fsp3) is 0.600. The van der Waals surface area contributed by atoms with Gasteiger partial charge in [-0.15, -0.1) is 0 Å². The lowest BCUT2D eigenvalue weighted by atomic mass is 10.0. The van der Waals surface area contributed by atoms with Crippen LogP contribution in [0.4, 0.5) is 0 Å². The minimum atomic E-state index is 0.505. The molecular formula is C15H24ClN. The molecule has 2 atom stereocenters. The molecule has 1 aromatic carbocycles. The highest BCUT2D eigenvalue weighted by atomic mass is 35.5. The molecule has 0 aliphatic heterocycles. The van der Waals surface area contributed by atoms with Gasteiger partial charge in [-0.1, -0.05) is 37.6 Å². The summed E-state index contributed by atoms with van der Waals surface area (Å²) in [7, 11) is 0. The molecule has 1 N–H and O–H groups in total. The van der Waals surface area contributed by atoms with Gasteiger partial charge in [-0.2, -0.15) is 0 Å². The van der Waals surface area contributed by atoms with Crippen LogP contribution in [0.15, 0.2) is 24.3 Å². The monoisotopic (exact) mass is 253 g/mol. The standard InChI is InChI=1S/C15H24ClN/c1-11(2)9-12(3)17-13(4)10-14-5-7-15(16)8-6-14/h5-8,11-13,17H,9-10H2,1-4H3. The van der Waals surface area contributed by atoms with E-state index < -0.39 is 0 Å². The molecular weight excluding hydrogens is 230 g/mol. The van der Waals surface area contributed by atoms with Crippen molar-refractivity contribution in [3.63, 3.8) is 0 Å². The molecule has 0 aliphatic rings. The number of halogens is 1. The fourth-order valence-electron chi connectivity index (χ4n) is 2.29. The third-order valence-corrected chi connectivity index (χ3v) is 3.10. The normalized spacial score (nSPS) is 14.9. The summed E-state index contributed by atoms with van der Waals surface area (Å²) >= 11 is 5.87. The summed E-state index contributed by atoms with van der Waals surface area (Å²) in [6, 6.07) is 9.21. The Labute approximate surface area is 111 Å². The van der Waals surface area contributed by atoms with E-state index >= 15 is 0 Å². The zero-order valence-corrected chi connectivity index (χ0v) is 12.1. The highest BCUT2D eigenvalue weighted by molar-refractivity contribution is 6.30. The SMILES string of the molecule is CC(C)CC(C)NC(C)Cc1ccc(Cl)cc1. The smallest absolute Gasteiger partial charge is 0.0406 e. The van der Waals surface area contributed by atoms with E-state index in [0.717, 1.165) is 17.4 Å². The molecule has 1 aromatic rings. The largest absolute Gasteiger partial charge is 0.311 e. The van der Waals surface area contributed by atoms with Crippen molar-refractivity contribution >= 4 is 11.6 Å². The molecule has 0 saturated carbocycles. The van der Waals surface area contributed by atoms with Gasteiger partial charge in [-0.3, -0.25) is 0 Å². The van der Waals surface area contributed by atoms with Crippen LogP contribution in [0.25, 0.3) is 0 Å². The zero-order chi connectivity index (χ0) is 12.8. The predicted octanol–water partition coefficient (Wildman–Crippen LogP) is 4.30. The van der Waals surface area contributed by atoms with Crippen molar-refractivity contribution in [2.75, 3.05) is 0 Å². The first kappa shape index (κ1) is 14.5. The Kier molecular flexibility index (Phi) is 6.01. The van der Waals surface area contributed by atoms with Crippen LogP contribution < -0.4 is 5.32 Å². The Balaban J connectivity index is 2.38. The van der Waals surface area contributed by atoms with Crippen molar-refractivity contribution in [1.82, 2.24) is 5.32 Å². The summed E-state index contributed by atoms with van der Waals surface area (Å²) in [6.07, 6.45) is 2.28. The lowest BCUT2D eigenvalue weighted by Crippen LogP contribution is -2.36. The van der Waals surface area contributed by atoms with E-state index in [1.54, 1.807) is 0 Å². The highest BCUT2D eigenvalue weighted by Gasteiger charge is 2.09. The zero-order valence-electron chi connectivity index (χ0n) is 11.3. The minimum absolute atomic E-state index is 0.505. The van der Waals surface area contributed by atoms with E-state index in [-0.39, 0.29) is 0 Å². The van der Waals surface area contributed by atoms with Crippen LogP contribution in [0.1, 0.15) is 39.7 Å². The van der Waals surface area contributed by atoms with Gasteiger partial charge < -0.3 is 5.32 Å². The first-order valence-electron chi connectivity index (χ1n) is 6.48. The van der Waals surface area contributed by atoms with Crippen molar-refractivity contribution in [1.29, 1.82) is 0 Å². The second-order valence-corrected chi connectivity index (χ2v) is 5.87. The van der Waals surface area contributed by atoms with Gasteiger partial charge in [0.2, 0.25) is 0 Å². The average molecular weight is 254 g/mol. The van der Waals surface area contributed by atoms with Crippen LogP contribution in [0.3, 0.4) is 0 Å². The summed E-state index contributed by atoms with van der Waals surface area (Å²) in [5.74, 6) is 0.750. The van der Waals surface area contributed by atoms with Crippen LogP contribution in [0.5, 0.6) is 0 Å². The molecule has 0 saturated heterocycles. The molecule has 0 heterocycles. The molecule has 0 aliphatic carbocycles. The summed E-state index contributed by atoms with van der Waals surface area (Å²) in [5, 5.41) is 4.45. The average Bonchev–Trinajstić information content (AvgIpc) is 2.19. The molecule has 2 heteroatoms. The van der Waals surface area contributed by atoms with Crippen LogP contribution in [0, 0.1) is 5.92 Å². The van der Waals surface area contributed by atoms with Gasteiger partial charge in [0.1, 0.15) is 0 Å². The predicted molar refractivity (Wildman–Crippen MR) is 76.7 cm³/mol. The van der Waals surface area contributed by atoms with Gasteiger partial charge >= 0.3 is 0 Å². The third kappa shape index (κ3) is 6.09. The van der Waals surface area contributed by atoms with Crippen molar-refractivity contribution in [2.45, 2.75) is 52.6 Å². The summed E-state index contributed by atoms with van der Waals surface area (Å²) in [4.78, 5) is 0. The topological polar surface area (TPSA) is 12.0 Å². The summed E-state index contributed by atoms with van der Waals surface area (Å²) in [6.45, 7) is 9.04. The highest BCUT2D eigenvalue weighted by Crippen LogP contribution is 2.12. The van der Waals surface area contributed by atoms with Gasteiger partial charge in [0, 0.05) is 17.1 Å². The maximum atomic E-state index is 5.87. The Morgan fingerprint density at radius 2 is 1.59 bits per heavy atom. The Bertz CT molecular complexity index is 318. The Morgan fingerprint density at radius 1 is 1.00 bits per heavy atom. The van der Waals surface area contributed by atoms with Crippen molar-refractivity contribution in [3.8, 4) is 0 Å². The van der Waals surface area contributed by atoms with Crippen LogP contribution in [-0.2, 0) is 6.42 Å². The van der Waals surface area contributed by atoms with E-state index in [0.29, 0.717) is 12.1 Å². The van der Waals surface area contributed by atoms with Gasteiger partial charge in [-0.25, -0.2) is 0 Å². The summed E-state index contributed by atoms with van der Waals surface area (Å²) < 4.78 is 0. The Hall–Kier alpha value is -0.530. The fourth-order valence-corrected chi connectivity index (χ4v) is 2.42. The lowest BCUT2D eigenvalue weighted by Gasteiger charge is -2.21. The van der Waals surface area contributed by atoms with E-state index in [9.17, 15) is 0 Å². The van der Waals surface area contributed by atoms with Crippen molar-refractivity contribution < 1.29 is 0 Å². The van der Waals surface area contributed by atoms with E-state index in [4.69, 9.17) is 11.6 Å². The number of hydrogen-bond acceptors (Lipinski definition) is 1. The minimum Gasteiger partial charge on any atom is -0.311 e. The van der Waals surface area contributed by atoms with Crippen LogP contribution in [0.2, 0.25) is 5.02 Å². The molecule has 0 fully saturated rings. The molecule has 1 rings (SSSR count). The second-order valence-electron chi connectivity index (χ2n) is 5.43. The molecule has 0 radical (unpaired) electrons. The molecule has 0 aromatic heterocycles. The number of benzene rings is 1. The van der Waals surface area contributed by atoms with E-state index in [2.05, 4.69) is 45.1 Å². The third-order valence-electron chi connectivity index (χ3n) is 2.85. The number of nitrogens with one attached hydrogen (secondary N) is 1. The quantitative estimate of drug-likeness (QED) is 0.797. The van der Waals surface area contributed by atoms with Crippen molar-refractivity contribution in [2.24, 2.45) is 5.92 Å². The second kappa shape index (κ2) is 7.03. The van der Waals surface area contributed by atoms with Gasteiger partial charge in [0.05, 0.1) is 0 Å².